The van der Waals surface area contributed by atoms with E-state index in [2.05, 4.69) is 20.3 Å². The lowest BCUT2D eigenvalue weighted by Gasteiger charge is -2.07. The summed E-state index contributed by atoms with van der Waals surface area (Å²) in [5.41, 5.74) is 1.76. The van der Waals surface area contributed by atoms with Crippen LogP contribution in [0.1, 0.15) is 5.69 Å². The van der Waals surface area contributed by atoms with Crippen molar-refractivity contribution >= 4 is 22.5 Å². The second-order valence-electron chi connectivity index (χ2n) is 4.19. The van der Waals surface area contributed by atoms with Crippen LogP contribution in [0.25, 0.3) is 11.0 Å². The molecule has 0 unspecified atom stereocenters. The van der Waals surface area contributed by atoms with Gasteiger partial charge in [-0.3, -0.25) is 0 Å². The standard InChI is InChI=1S/C13H10F2N4/c1-7-4-9-12(18-7)16-6-17-13(9)19-11-3-2-8(14)5-10(11)15/h2-6H,1H3,(H2,16,17,18,19). The van der Waals surface area contributed by atoms with Crippen LogP contribution in [0.3, 0.4) is 0 Å². The van der Waals surface area contributed by atoms with Gasteiger partial charge in [-0.15, -0.1) is 0 Å². The molecule has 2 heterocycles. The first-order valence-electron chi connectivity index (χ1n) is 5.66. The minimum absolute atomic E-state index is 0.167. The summed E-state index contributed by atoms with van der Waals surface area (Å²) in [7, 11) is 0. The van der Waals surface area contributed by atoms with Gasteiger partial charge in [0, 0.05) is 11.8 Å². The predicted molar refractivity (Wildman–Crippen MR) is 68.3 cm³/mol. The first-order valence-corrected chi connectivity index (χ1v) is 5.66. The summed E-state index contributed by atoms with van der Waals surface area (Å²) in [5.74, 6) is -0.813. The van der Waals surface area contributed by atoms with Crippen molar-refractivity contribution in [1.82, 2.24) is 15.0 Å². The molecule has 0 fully saturated rings. The molecule has 6 heteroatoms. The van der Waals surface area contributed by atoms with E-state index in [0.29, 0.717) is 11.5 Å². The van der Waals surface area contributed by atoms with Crippen LogP contribution in [0.4, 0.5) is 20.3 Å². The summed E-state index contributed by atoms with van der Waals surface area (Å²) in [4.78, 5) is 11.2. The van der Waals surface area contributed by atoms with E-state index in [1.807, 2.05) is 13.0 Å². The summed E-state index contributed by atoms with van der Waals surface area (Å²) in [6.07, 6.45) is 1.38. The van der Waals surface area contributed by atoms with Crippen LogP contribution in [0.5, 0.6) is 0 Å². The van der Waals surface area contributed by atoms with E-state index in [4.69, 9.17) is 0 Å². The smallest absolute Gasteiger partial charge is 0.149 e. The highest BCUT2D eigenvalue weighted by atomic mass is 19.1. The maximum Gasteiger partial charge on any atom is 0.149 e. The van der Waals surface area contributed by atoms with Crippen molar-refractivity contribution in [2.75, 3.05) is 5.32 Å². The Bertz CT molecular complexity index is 751. The third-order valence-corrected chi connectivity index (χ3v) is 2.74. The fraction of sp³-hybridized carbons (Fsp3) is 0.0769. The molecule has 3 aromatic rings. The number of benzene rings is 1. The third kappa shape index (κ3) is 2.12. The van der Waals surface area contributed by atoms with E-state index in [1.165, 1.54) is 18.5 Å². The second-order valence-corrected chi connectivity index (χ2v) is 4.19. The highest BCUT2D eigenvalue weighted by molar-refractivity contribution is 5.89. The van der Waals surface area contributed by atoms with E-state index in [-0.39, 0.29) is 5.69 Å². The van der Waals surface area contributed by atoms with Crippen LogP contribution in [0.15, 0.2) is 30.6 Å². The molecule has 96 valence electrons. The van der Waals surface area contributed by atoms with E-state index < -0.39 is 11.6 Å². The van der Waals surface area contributed by atoms with Crippen molar-refractivity contribution in [2.45, 2.75) is 6.92 Å². The number of hydrogen-bond donors (Lipinski definition) is 2. The zero-order valence-corrected chi connectivity index (χ0v) is 10.0. The predicted octanol–water partition coefficient (Wildman–Crippen LogP) is 3.29. The maximum absolute atomic E-state index is 13.6. The lowest BCUT2D eigenvalue weighted by Crippen LogP contribution is -1.97. The highest BCUT2D eigenvalue weighted by Crippen LogP contribution is 2.25. The van der Waals surface area contributed by atoms with Crippen molar-refractivity contribution in [1.29, 1.82) is 0 Å². The molecule has 0 saturated heterocycles. The molecule has 0 spiro atoms. The molecule has 3 rings (SSSR count). The topological polar surface area (TPSA) is 53.6 Å². The number of hydrogen-bond acceptors (Lipinski definition) is 3. The number of aromatic nitrogens is 3. The van der Waals surface area contributed by atoms with Gasteiger partial charge in [-0.25, -0.2) is 18.7 Å². The molecule has 1 aromatic carbocycles. The normalized spacial score (nSPS) is 10.9. The Morgan fingerprint density at radius 2 is 2.00 bits per heavy atom. The summed E-state index contributed by atoms with van der Waals surface area (Å²) >= 11 is 0. The number of nitrogens with one attached hydrogen (secondary N) is 2. The maximum atomic E-state index is 13.6. The Kier molecular flexibility index (Phi) is 2.63. The van der Waals surface area contributed by atoms with Crippen molar-refractivity contribution in [2.24, 2.45) is 0 Å². The van der Waals surface area contributed by atoms with Gasteiger partial charge in [0.15, 0.2) is 0 Å². The number of rotatable bonds is 2. The van der Waals surface area contributed by atoms with Gasteiger partial charge in [-0.1, -0.05) is 0 Å². The average molecular weight is 260 g/mol. The van der Waals surface area contributed by atoms with Crippen molar-refractivity contribution < 1.29 is 8.78 Å². The average Bonchev–Trinajstić information content (AvgIpc) is 2.74. The lowest BCUT2D eigenvalue weighted by atomic mass is 10.2. The largest absolute Gasteiger partial charge is 0.343 e. The van der Waals surface area contributed by atoms with E-state index in [0.717, 1.165) is 17.1 Å². The molecule has 0 amide bonds. The Morgan fingerprint density at radius 1 is 1.16 bits per heavy atom. The molecule has 0 saturated carbocycles. The minimum Gasteiger partial charge on any atom is -0.343 e. The molecule has 0 bridgehead atoms. The Hall–Kier alpha value is -2.50. The molecule has 0 aliphatic rings. The number of nitrogens with zero attached hydrogens (tertiary/aromatic N) is 2. The van der Waals surface area contributed by atoms with Gasteiger partial charge >= 0.3 is 0 Å². The minimum atomic E-state index is -0.668. The van der Waals surface area contributed by atoms with Gasteiger partial charge in [-0.05, 0) is 25.1 Å². The molecule has 19 heavy (non-hydrogen) atoms. The Labute approximate surface area is 107 Å². The number of aryl methyl sites for hydroxylation is 1. The quantitative estimate of drug-likeness (QED) is 0.743. The van der Waals surface area contributed by atoms with Crippen molar-refractivity contribution in [3.63, 3.8) is 0 Å². The number of fused-ring (bicyclic) bond motifs is 1. The molecule has 0 aliphatic heterocycles. The molecule has 2 aromatic heterocycles. The van der Waals surface area contributed by atoms with Crippen LogP contribution in [0, 0.1) is 18.6 Å². The number of halogens is 2. The zero-order chi connectivity index (χ0) is 13.4. The van der Waals surface area contributed by atoms with Crippen LogP contribution < -0.4 is 5.32 Å². The molecule has 0 radical (unpaired) electrons. The van der Waals surface area contributed by atoms with E-state index >= 15 is 0 Å². The monoisotopic (exact) mass is 260 g/mol. The van der Waals surface area contributed by atoms with E-state index in [1.54, 1.807) is 0 Å². The Balaban J connectivity index is 2.05. The number of anilines is 2. The van der Waals surface area contributed by atoms with Gasteiger partial charge in [0.2, 0.25) is 0 Å². The summed E-state index contributed by atoms with van der Waals surface area (Å²) in [6, 6.07) is 5.20. The molecular weight excluding hydrogens is 250 g/mol. The first-order chi connectivity index (χ1) is 9.13. The number of H-pyrrole nitrogens is 1. The molecular formula is C13H10F2N4. The molecule has 0 atom stereocenters. The summed E-state index contributed by atoms with van der Waals surface area (Å²) in [5, 5.41) is 3.60. The van der Waals surface area contributed by atoms with Crippen LogP contribution in [-0.2, 0) is 0 Å². The SMILES string of the molecule is Cc1cc2c(Nc3ccc(F)cc3F)ncnc2[nH]1. The first kappa shape index (κ1) is 11.6. The molecule has 2 N–H and O–H groups in total. The fourth-order valence-corrected chi connectivity index (χ4v) is 1.89. The summed E-state index contributed by atoms with van der Waals surface area (Å²) < 4.78 is 26.4. The van der Waals surface area contributed by atoms with Crippen LogP contribution in [-0.4, -0.2) is 15.0 Å². The lowest BCUT2D eigenvalue weighted by molar-refractivity contribution is 0.586. The molecule has 0 aliphatic carbocycles. The second kappa shape index (κ2) is 4.31. The Morgan fingerprint density at radius 3 is 2.79 bits per heavy atom. The third-order valence-electron chi connectivity index (χ3n) is 2.74. The zero-order valence-electron chi connectivity index (χ0n) is 10.0. The number of aromatic amines is 1. The van der Waals surface area contributed by atoms with Crippen LogP contribution >= 0.6 is 0 Å². The molecule has 4 nitrogen and oxygen atoms in total. The van der Waals surface area contributed by atoms with Gasteiger partial charge in [0.05, 0.1) is 11.1 Å². The van der Waals surface area contributed by atoms with Gasteiger partial charge in [0.1, 0.15) is 29.4 Å². The van der Waals surface area contributed by atoms with Gasteiger partial charge < -0.3 is 10.3 Å². The van der Waals surface area contributed by atoms with Gasteiger partial charge in [0.25, 0.3) is 0 Å². The van der Waals surface area contributed by atoms with Gasteiger partial charge in [-0.2, -0.15) is 0 Å². The summed E-state index contributed by atoms with van der Waals surface area (Å²) in [6.45, 7) is 1.89. The highest BCUT2D eigenvalue weighted by Gasteiger charge is 2.09. The fourth-order valence-electron chi connectivity index (χ4n) is 1.89. The van der Waals surface area contributed by atoms with Crippen molar-refractivity contribution in [3.05, 3.63) is 47.9 Å². The van der Waals surface area contributed by atoms with Crippen LogP contribution in [0.2, 0.25) is 0 Å². The van der Waals surface area contributed by atoms with E-state index in [9.17, 15) is 8.78 Å². The van der Waals surface area contributed by atoms with Crippen molar-refractivity contribution in [3.8, 4) is 0 Å².